The number of hydrogen-bond donors (Lipinski definition) is 15. The van der Waals surface area contributed by atoms with Crippen LogP contribution in [0.15, 0.2) is 133 Å². The Kier molecular flexibility index (Phi) is 28.1. The number of thioether (sulfide) groups is 2. The molecule has 0 bridgehead atoms. The molecule has 7 rings (SSSR count). The number of aliphatic hydroxyl groups excluding tert-OH is 6. The highest BCUT2D eigenvalue weighted by atomic mass is 32.2. The third-order valence-corrected chi connectivity index (χ3v) is 19.0. The van der Waals surface area contributed by atoms with Gasteiger partial charge in [-0.25, -0.2) is 9.59 Å². The van der Waals surface area contributed by atoms with Crippen molar-refractivity contribution in [3.63, 3.8) is 0 Å². The fraction of sp³-hybridized carbons (Fsp3) is 0.441. The summed E-state index contributed by atoms with van der Waals surface area (Å²) in [5, 5.41) is 104. The molecule has 5 aromatic carbocycles. The second kappa shape index (κ2) is 35.8. The van der Waals surface area contributed by atoms with Crippen LogP contribution in [0.4, 0.5) is 5.69 Å². The number of amides is 6. The van der Waals surface area contributed by atoms with Crippen molar-refractivity contribution < 1.29 is 88.7 Å². The monoisotopic (exact) mass is 1350 g/mol. The van der Waals surface area contributed by atoms with Gasteiger partial charge in [-0.05, 0) is 108 Å². The van der Waals surface area contributed by atoms with E-state index in [-0.39, 0.29) is 37.8 Å². The smallest absolute Gasteiger partial charge is 0.336 e. The van der Waals surface area contributed by atoms with Crippen molar-refractivity contribution in [2.24, 2.45) is 17.6 Å². The molecule has 0 aliphatic heterocycles. The van der Waals surface area contributed by atoms with Crippen LogP contribution in [0.5, 0.6) is 0 Å². The molecule has 25 nitrogen and oxygen atoms in total. The summed E-state index contributed by atoms with van der Waals surface area (Å²) in [6.07, 6.45) is -10.7. The van der Waals surface area contributed by atoms with Gasteiger partial charge >= 0.3 is 11.9 Å². The molecule has 512 valence electrons. The molecule has 0 saturated heterocycles. The second-order valence-electron chi connectivity index (χ2n) is 23.8. The van der Waals surface area contributed by atoms with E-state index < -0.39 is 152 Å². The van der Waals surface area contributed by atoms with Crippen molar-refractivity contribution in [1.82, 2.24) is 26.6 Å². The Labute approximate surface area is 558 Å². The number of carboxylic acid groups (broad SMARTS) is 2. The van der Waals surface area contributed by atoms with Gasteiger partial charge in [-0.3, -0.25) is 28.8 Å². The third kappa shape index (κ3) is 21.1. The Morgan fingerprint density at radius 3 is 1.29 bits per heavy atom. The number of aliphatic hydroxyl groups is 6. The van der Waals surface area contributed by atoms with Crippen LogP contribution < -0.4 is 37.6 Å². The molecule has 95 heavy (non-hydrogen) atoms. The van der Waals surface area contributed by atoms with Gasteiger partial charge in [-0.2, -0.15) is 23.5 Å². The molecule has 2 aliphatic carbocycles. The summed E-state index contributed by atoms with van der Waals surface area (Å²) in [4.78, 5) is 102. The summed E-state index contributed by atoms with van der Waals surface area (Å²) in [6, 6.07) is 35.5. The van der Waals surface area contributed by atoms with Crippen molar-refractivity contribution in [3.05, 3.63) is 150 Å². The molecule has 1 unspecified atom stereocenters. The van der Waals surface area contributed by atoms with Gasteiger partial charge in [0.2, 0.25) is 17.7 Å². The quantitative estimate of drug-likeness (QED) is 0.0263. The first-order chi connectivity index (χ1) is 45.4. The number of carbonyl (C=O) groups is 8. The Hall–Kier alpha value is -7.80. The van der Waals surface area contributed by atoms with Gasteiger partial charge in [0, 0.05) is 105 Å². The number of aliphatic carboxylic acids is 2. The molecular formula is C68H85N7O18S2. The number of ether oxygens (including phenoxy) is 2. The number of nitrogens with one attached hydrogen (secondary N) is 6. The summed E-state index contributed by atoms with van der Waals surface area (Å²) in [6.45, 7) is 1.63. The largest absolute Gasteiger partial charge is 0.479 e. The van der Waals surface area contributed by atoms with Crippen molar-refractivity contribution in [2.45, 2.75) is 118 Å². The lowest BCUT2D eigenvalue weighted by Gasteiger charge is -2.46. The molecule has 16 N–H and O–H groups in total. The lowest BCUT2D eigenvalue weighted by molar-refractivity contribution is -0.190. The normalized spacial score (nSPS) is 22.5. The van der Waals surface area contributed by atoms with Crippen molar-refractivity contribution in [3.8, 4) is 22.3 Å². The van der Waals surface area contributed by atoms with Crippen LogP contribution in [0, 0.1) is 11.8 Å². The van der Waals surface area contributed by atoms with Crippen LogP contribution in [0.2, 0.25) is 0 Å². The summed E-state index contributed by atoms with van der Waals surface area (Å²) in [5.74, 6) is -6.81. The van der Waals surface area contributed by atoms with Crippen LogP contribution >= 0.6 is 23.5 Å². The molecule has 0 spiro atoms. The van der Waals surface area contributed by atoms with E-state index in [2.05, 4.69) is 31.9 Å². The number of carbonyl (C=O) groups excluding carboxylic acids is 6. The average Bonchev–Trinajstić information content (AvgIpc) is 0.784. The topological polar surface area (TPSA) is 415 Å². The molecule has 0 heterocycles. The minimum absolute atomic E-state index is 0.0615. The van der Waals surface area contributed by atoms with E-state index >= 15 is 0 Å². The molecule has 13 atom stereocenters. The van der Waals surface area contributed by atoms with Crippen molar-refractivity contribution >= 4 is 76.6 Å². The van der Waals surface area contributed by atoms with Gasteiger partial charge in [0.1, 0.15) is 0 Å². The van der Waals surface area contributed by atoms with E-state index in [1.54, 1.807) is 60.7 Å². The zero-order valence-corrected chi connectivity index (χ0v) is 54.3. The van der Waals surface area contributed by atoms with Gasteiger partial charge in [0.25, 0.3) is 17.7 Å². The number of nitrogens with two attached hydrogens (primary N) is 1. The van der Waals surface area contributed by atoms with Gasteiger partial charge in [0.05, 0.1) is 54.7 Å². The zero-order chi connectivity index (χ0) is 68.8. The fourth-order valence-electron chi connectivity index (χ4n) is 11.8. The minimum atomic E-state index is -2.03. The first-order valence-corrected chi connectivity index (χ1v) is 33.6. The van der Waals surface area contributed by atoms with Crippen LogP contribution in [0.25, 0.3) is 22.3 Å². The molecule has 5 aromatic rings. The van der Waals surface area contributed by atoms with E-state index in [1.807, 2.05) is 60.7 Å². The predicted octanol–water partition coefficient (Wildman–Crippen LogP) is 2.80. The summed E-state index contributed by atoms with van der Waals surface area (Å²) in [5.41, 5.74) is 7.14. The maximum absolute atomic E-state index is 13.0. The Morgan fingerprint density at radius 2 is 0.895 bits per heavy atom. The number of rotatable bonds is 34. The molecule has 2 fully saturated rings. The van der Waals surface area contributed by atoms with Gasteiger partial charge in [-0.15, -0.1) is 0 Å². The molecule has 27 heteroatoms. The average molecular weight is 1350 g/mol. The summed E-state index contributed by atoms with van der Waals surface area (Å²) in [7, 11) is 0. The standard InChI is InChI=1S/C68H85N7O18S2/c1-40(76)73-57-50(59(82)55(80)37-71-62(85)46-19-15-44(16-20-46)42-11-5-3-6-12-42)33-67(65(88)89,35-53(57)78)92-28-9-30-94-32-27-70-61(84)48-23-25-49(26-24-48)75-64(87)52(69)39-95-31-10-29-93-68(66(90)91)34-51(58(54(79)36-68)74-41(2)77)60(83)56(81)38-72-63(86)47-21-17-45(18-22-47)43-13-7-4-8-14-43/h3-8,11-26,50-60,78-83H,9-10,27-39,69H2,1-2H3,(H,70,84)(H,71,85)(H,72,86)(H,73,76)(H,74,77)(H,75,87)(H,88,89)(H,90,91)/t50-,51-,52?,53+,54+,55-,56-,57+,58+,59+,60+,67+,68+/m1/s1. The number of hydrogen-bond acceptors (Lipinski definition) is 19. The first-order valence-electron chi connectivity index (χ1n) is 31.3. The fourth-order valence-corrected chi connectivity index (χ4v) is 13.4. The Balaban J connectivity index is 0.784. The molecule has 2 saturated carbocycles. The molecule has 2 aliphatic rings. The maximum atomic E-state index is 13.0. The third-order valence-electron chi connectivity index (χ3n) is 16.8. The molecule has 0 radical (unpaired) electrons. The van der Waals surface area contributed by atoms with Crippen LogP contribution in [0.3, 0.4) is 0 Å². The first kappa shape index (κ1) is 74.6. The maximum Gasteiger partial charge on any atom is 0.336 e. The number of carboxylic acids is 2. The van der Waals surface area contributed by atoms with Gasteiger partial charge in [-0.1, -0.05) is 84.9 Å². The SMILES string of the molecule is CC(=O)N[C@H]1[C@H]([C@H](O)[C@H](O)CNC(=O)c2ccc(-c3ccccc3)cc2)C[C@@](OCCCSCCNC(=O)c2ccc(NC(=O)C(N)CSCCCO[C@@]3(C(=O)O)C[C@@H]([C@H](O)[C@H](O)CNC(=O)c4ccc(-c5ccccc5)cc4)[C@H](NC(C)=O)[C@@H](O)C3)cc2)(C(=O)O)C[C@@H]1O. The lowest BCUT2D eigenvalue weighted by atomic mass is 9.70. The molecule has 0 aromatic heterocycles. The van der Waals surface area contributed by atoms with E-state index in [4.69, 9.17) is 15.2 Å². The molecule has 6 amide bonds. The summed E-state index contributed by atoms with van der Waals surface area (Å²) >= 11 is 2.77. The van der Waals surface area contributed by atoms with Crippen LogP contribution in [0.1, 0.15) is 83.4 Å². The van der Waals surface area contributed by atoms with E-state index in [9.17, 15) is 79.2 Å². The zero-order valence-electron chi connectivity index (χ0n) is 52.7. The summed E-state index contributed by atoms with van der Waals surface area (Å²) < 4.78 is 11.9. The van der Waals surface area contributed by atoms with Gasteiger partial charge in [0.15, 0.2) is 11.2 Å². The van der Waals surface area contributed by atoms with E-state index in [1.165, 1.54) is 49.5 Å². The molecular weight excluding hydrogens is 1270 g/mol. The lowest BCUT2D eigenvalue weighted by Crippen LogP contribution is -2.63. The highest BCUT2D eigenvalue weighted by molar-refractivity contribution is 7.99. The van der Waals surface area contributed by atoms with Gasteiger partial charge < -0.3 is 88.0 Å². The second-order valence-corrected chi connectivity index (χ2v) is 26.1. The van der Waals surface area contributed by atoms with Crippen molar-refractivity contribution in [1.29, 1.82) is 0 Å². The highest BCUT2D eigenvalue weighted by Crippen LogP contribution is 2.41. The minimum Gasteiger partial charge on any atom is -0.479 e. The highest BCUT2D eigenvalue weighted by Gasteiger charge is 2.56. The number of benzene rings is 5. The van der Waals surface area contributed by atoms with E-state index in [0.29, 0.717) is 52.5 Å². The van der Waals surface area contributed by atoms with E-state index in [0.717, 1.165) is 22.3 Å². The Bertz CT molecular complexity index is 3360. The van der Waals surface area contributed by atoms with Crippen LogP contribution in [-0.4, -0.2) is 210 Å². The Morgan fingerprint density at radius 1 is 0.516 bits per heavy atom. The predicted molar refractivity (Wildman–Crippen MR) is 357 cm³/mol. The van der Waals surface area contributed by atoms with Crippen molar-refractivity contribution in [2.75, 3.05) is 61.2 Å². The number of anilines is 1. The van der Waals surface area contributed by atoms with Crippen LogP contribution in [-0.2, 0) is 33.4 Å².